The van der Waals surface area contributed by atoms with Crippen LogP contribution in [0.5, 0.6) is 0 Å². The highest BCUT2D eigenvalue weighted by atomic mass is 35.5. The number of anilines is 1. The van der Waals surface area contributed by atoms with Crippen molar-refractivity contribution in [3.05, 3.63) is 57.0 Å². The van der Waals surface area contributed by atoms with Gasteiger partial charge in [0, 0.05) is 23.9 Å². The quantitative estimate of drug-likeness (QED) is 0.0837. The first-order valence-electron chi connectivity index (χ1n) is 8.31. The van der Waals surface area contributed by atoms with Gasteiger partial charge in [0.2, 0.25) is 0 Å². The zero-order chi connectivity index (χ0) is 20.6. The second-order valence-corrected chi connectivity index (χ2v) is 6.26. The lowest BCUT2D eigenvalue weighted by molar-refractivity contribution is 0.456. The summed E-state index contributed by atoms with van der Waals surface area (Å²) in [6, 6.07) is 0. The summed E-state index contributed by atoms with van der Waals surface area (Å²) in [5.74, 6) is -6.19. The van der Waals surface area contributed by atoms with Gasteiger partial charge in [-0.2, -0.15) is 0 Å². The Morgan fingerprint density at radius 1 is 1.07 bits per heavy atom. The molecule has 0 aliphatic rings. The number of rotatable bonds is 9. The van der Waals surface area contributed by atoms with Gasteiger partial charge in [0.15, 0.2) is 23.3 Å². The van der Waals surface area contributed by atoms with Gasteiger partial charge in [0.05, 0.1) is 0 Å². The lowest BCUT2D eigenvalue weighted by Gasteiger charge is -2.25. The first kappa shape index (κ1) is 22.9. The smallest absolute Gasteiger partial charge is 0.185 e. The Hall–Kier alpha value is -2.18. The molecule has 0 heterocycles. The molecule has 0 aliphatic heterocycles. The number of likely N-dealkylation sites (N-methyl/N-ethyl adjacent to an activating group) is 1. The van der Waals surface area contributed by atoms with Crippen LogP contribution >= 0.6 is 11.6 Å². The molecule has 9 heteroatoms. The van der Waals surface area contributed by atoms with E-state index in [9.17, 15) is 17.6 Å². The maximum atomic E-state index is 14.3. The number of allylic oxidation sites excluding steroid dienone is 3. The summed E-state index contributed by atoms with van der Waals surface area (Å²) in [5.41, 5.74) is 8.07. The Kier molecular flexibility index (Phi) is 9.18. The third kappa shape index (κ3) is 5.91. The lowest BCUT2D eigenvalue weighted by atomic mass is 10.1. The average Bonchev–Trinajstić information content (AvgIpc) is 2.63. The van der Waals surface area contributed by atoms with Crippen LogP contribution in [-0.2, 0) is 0 Å². The molecule has 1 aromatic rings. The Labute approximate surface area is 160 Å². The molecule has 0 amide bonds. The van der Waals surface area contributed by atoms with E-state index in [-0.39, 0.29) is 13.1 Å². The summed E-state index contributed by atoms with van der Waals surface area (Å²) >= 11 is 5.62. The monoisotopic (exact) mass is 404 g/mol. The molecule has 4 nitrogen and oxygen atoms in total. The summed E-state index contributed by atoms with van der Waals surface area (Å²) in [6.07, 6.45) is 5.27. The molecule has 0 radical (unpaired) electrons. The van der Waals surface area contributed by atoms with Gasteiger partial charge in [-0.25, -0.2) is 17.6 Å². The summed E-state index contributed by atoms with van der Waals surface area (Å²) in [6.45, 7) is 5.52. The fourth-order valence-electron chi connectivity index (χ4n) is 2.51. The molecular weight excluding hydrogens is 384 g/mol. The van der Waals surface area contributed by atoms with Crippen molar-refractivity contribution in [3.8, 4) is 0 Å². The first-order valence-corrected chi connectivity index (χ1v) is 8.85. The van der Waals surface area contributed by atoms with Gasteiger partial charge >= 0.3 is 0 Å². The van der Waals surface area contributed by atoms with E-state index in [1.807, 2.05) is 19.1 Å². The van der Waals surface area contributed by atoms with Crippen LogP contribution in [0.2, 0.25) is 0 Å². The molecule has 27 heavy (non-hydrogen) atoms. The van der Waals surface area contributed by atoms with E-state index in [0.29, 0.717) is 12.3 Å². The number of halogens is 5. The van der Waals surface area contributed by atoms with E-state index in [2.05, 4.69) is 10.0 Å². The first-order chi connectivity index (χ1) is 12.8. The number of azide groups is 1. The summed E-state index contributed by atoms with van der Waals surface area (Å²) in [4.78, 5) is 3.37. The van der Waals surface area contributed by atoms with Crippen LogP contribution < -0.4 is 4.90 Å². The minimum atomic E-state index is -1.72. The predicted molar refractivity (Wildman–Crippen MR) is 100 cm³/mol. The predicted octanol–water partition coefficient (Wildman–Crippen LogP) is 6.92. The van der Waals surface area contributed by atoms with Crippen molar-refractivity contribution in [1.82, 2.24) is 0 Å². The van der Waals surface area contributed by atoms with E-state index >= 15 is 0 Å². The highest BCUT2D eigenvalue weighted by molar-refractivity contribution is 6.18. The van der Waals surface area contributed by atoms with Gasteiger partial charge in [-0.1, -0.05) is 28.4 Å². The number of hydrogen-bond donors (Lipinski definition) is 0. The van der Waals surface area contributed by atoms with Crippen molar-refractivity contribution in [1.29, 1.82) is 0 Å². The molecule has 0 fully saturated rings. The second kappa shape index (κ2) is 10.8. The van der Waals surface area contributed by atoms with Crippen LogP contribution in [0, 0.1) is 23.3 Å². The van der Waals surface area contributed by atoms with Crippen molar-refractivity contribution in [2.24, 2.45) is 5.11 Å². The van der Waals surface area contributed by atoms with Crippen molar-refractivity contribution in [3.63, 3.8) is 0 Å². The third-order valence-corrected chi connectivity index (χ3v) is 4.11. The Morgan fingerprint density at radius 2 is 1.67 bits per heavy atom. The Morgan fingerprint density at radius 3 is 2.15 bits per heavy atom. The highest BCUT2D eigenvalue weighted by Crippen LogP contribution is 2.35. The molecule has 0 unspecified atom stereocenters. The Bertz CT molecular complexity index is 757. The van der Waals surface area contributed by atoms with Gasteiger partial charge < -0.3 is 4.90 Å². The summed E-state index contributed by atoms with van der Waals surface area (Å²) in [5, 5.41) is 2.69. The van der Waals surface area contributed by atoms with E-state index in [4.69, 9.17) is 17.1 Å². The largest absolute Gasteiger partial charge is 0.363 e. The topological polar surface area (TPSA) is 52.0 Å². The van der Waals surface area contributed by atoms with Gasteiger partial charge in [0.1, 0.15) is 11.4 Å². The minimum Gasteiger partial charge on any atom is -0.363 e. The van der Waals surface area contributed by atoms with Crippen molar-refractivity contribution >= 4 is 23.0 Å². The minimum absolute atomic E-state index is 0.0857. The normalized spacial score (nSPS) is 12.1. The third-order valence-electron chi connectivity index (χ3n) is 3.96. The van der Waals surface area contributed by atoms with Crippen LogP contribution in [-0.4, -0.2) is 19.0 Å². The SMILES string of the molecule is CCN(C/C(C)=C/CC/C(C)=C/CCl)c1c(F)c(F)c(N=[N+]=[N-])c(F)c1F. The molecule has 0 aromatic heterocycles. The molecule has 0 saturated heterocycles. The van der Waals surface area contributed by atoms with Gasteiger partial charge in [-0.15, -0.1) is 11.6 Å². The maximum Gasteiger partial charge on any atom is 0.185 e. The Balaban J connectivity index is 3.12. The molecule has 0 bridgehead atoms. The van der Waals surface area contributed by atoms with E-state index in [1.54, 1.807) is 13.8 Å². The molecule has 0 N–H and O–H groups in total. The summed E-state index contributed by atoms with van der Waals surface area (Å²) < 4.78 is 56.6. The zero-order valence-corrected chi connectivity index (χ0v) is 16.1. The van der Waals surface area contributed by atoms with Crippen molar-refractivity contribution < 1.29 is 17.6 Å². The number of alkyl halides is 1. The molecule has 148 valence electrons. The fourth-order valence-corrected chi connectivity index (χ4v) is 2.78. The van der Waals surface area contributed by atoms with E-state index in [0.717, 1.165) is 17.6 Å². The number of hydrogen-bond acceptors (Lipinski definition) is 2. The van der Waals surface area contributed by atoms with Crippen LogP contribution in [0.1, 0.15) is 33.6 Å². The maximum absolute atomic E-state index is 14.3. The van der Waals surface area contributed by atoms with Crippen LogP contribution in [0.15, 0.2) is 28.4 Å². The molecular formula is C18H21ClF4N4. The molecule has 1 rings (SSSR count). The van der Waals surface area contributed by atoms with Gasteiger partial charge in [-0.05, 0) is 39.1 Å². The van der Waals surface area contributed by atoms with Crippen LogP contribution in [0.4, 0.5) is 28.9 Å². The molecule has 1 aromatic carbocycles. The molecule has 0 aliphatic carbocycles. The summed E-state index contributed by atoms with van der Waals surface area (Å²) in [7, 11) is 0. The highest BCUT2D eigenvalue weighted by Gasteiger charge is 2.27. The fraction of sp³-hybridized carbons (Fsp3) is 0.444. The second-order valence-electron chi connectivity index (χ2n) is 5.95. The molecule has 0 spiro atoms. The van der Waals surface area contributed by atoms with Crippen molar-refractivity contribution in [2.75, 3.05) is 23.9 Å². The van der Waals surface area contributed by atoms with Gasteiger partial charge in [-0.3, -0.25) is 0 Å². The molecule has 0 saturated carbocycles. The lowest BCUT2D eigenvalue weighted by Crippen LogP contribution is -2.27. The van der Waals surface area contributed by atoms with Crippen LogP contribution in [0.25, 0.3) is 10.4 Å². The molecule has 0 atom stereocenters. The zero-order valence-electron chi connectivity index (χ0n) is 15.4. The van der Waals surface area contributed by atoms with E-state index in [1.165, 1.54) is 4.90 Å². The number of benzene rings is 1. The van der Waals surface area contributed by atoms with Crippen LogP contribution in [0.3, 0.4) is 0 Å². The van der Waals surface area contributed by atoms with E-state index < -0.39 is 34.6 Å². The van der Waals surface area contributed by atoms with Crippen molar-refractivity contribution in [2.45, 2.75) is 33.6 Å². The average molecular weight is 405 g/mol. The number of nitrogens with zero attached hydrogens (tertiary/aromatic N) is 4. The van der Waals surface area contributed by atoms with Gasteiger partial charge in [0.25, 0.3) is 0 Å². The standard InChI is InChI=1S/C18H21ClF4N4/c1-4-27(10-12(3)7-5-6-11(2)8-9-19)18-15(22)13(20)17(25-26-24)14(21)16(18)23/h7-8H,4-6,9-10H2,1-3H3/b11-8+,12-7+.